The predicted octanol–water partition coefficient (Wildman–Crippen LogP) is 9.18. The number of ether oxygens (including phenoxy) is 3. The van der Waals surface area contributed by atoms with Crippen molar-refractivity contribution in [2.24, 2.45) is 17.8 Å². The molecule has 0 bridgehead atoms. The Morgan fingerprint density at radius 1 is 0.865 bits per heavy atom. The third-order valence-electron chi connectivity index (χ3n) is 7.60. The summed E-state index contributed by atoms with van der Waals surface area (Å²) in [6, 6.07) is 6.14. The maximum atomic E-state index is 14.7. The van der Waals surface area contributed by atoms with E-state index in [1.807, 2.05) is 0 Å². The summed E-state index contributed by atoms with van der Waals surface area (Å²) >= 11 is 5.56. The van der Waals surface area contributed by atoms with Gasteiger partial charge in [0.2, 0.25) is 0 Å². The Morgan fingerprint density at radius 2 is 1.51 bits per heavy atom. The standard InChI is InChI=1S/C29H35ClF4O3/c1-2-3-4-19-5-7-20(8-6-19)9-10-21-17-35-28(36-18-21)22-11-13-24(26(31)15-22)29(33,34)37-23-12-14-25(30)27(32)16-23/h11-16,19-21,28H,2-10,17-18H2,1H3. The lowest BCUT2D eigenvalue weighted by molar-refractivity contribution is -0.206. The Labute approximate surface area is 221 Å². The first-order valence-corrected chi connectivity index (χ1v) is 13.7. The Kier molecular flexibility index (Phi) is 9.76. The van der Waals surface area contributed by atoms with Crippen molar-refractivity contribution in [2.45, 2.75) is 77.1 Å². The fourth-order valence-corrected chi connectivity index (χ4v) is 5.45. The van der Waals surface area contributed by atoms with E-state index in [2.05, 4.69) is 11.7 Å². The molecule has 204 valence electrons. The first-order chi connectivity index (χ1) is 17.7. The van der Waals surface area contributed by atoms with Crippen LogP contribution >= 0.6 is 11.6 Å². The van der Waals surface area contributed by atoms with Crippen molar-refractivity contribution in [3.8, 4) is 5.75 Å². The second-order valence-electron chi connectivity index (χ2n) is 10.4. The van der Waals surface area contributed by atoms with Gasteiger partial charge in [-0.2, -0.15) is 8.78 Å². The predicted molar refractivity (Wildman–Crippen MR) is 135 cm³/mol. The largest absolute Gasteiger partial charge is 0.429 e. The molecule has 3 nitrogen and oxygen atoms in total. The van der Waals surface area contributed by atoms with Crippen LogP contribution in [-0.4, -0.2) is 13.2 Å². The Balaban J connectivity index is 1.25. The van der Waals surface area contributed by atoms with E-state index in [-0.39, 0.29) is 10.9 Å². The van der Waals surface area contributed by atoms with Gasteiger partial charge in [0.05, 0.1) is 23.8 Å². The number of rotatable bonds is 10. The van der Waals surface area contributed by atoms with Gasteiger partial charge < -0.3 is 14.2 Å². The summed E-state index contributed by atoms with van der Waals surface area (Å²) in [4.78, 5) is 0. The molecule has 1 heterocycles. The van der Waals surface area contributed by atoms with Crippen LogP contribution in [0.4, 0.5) is 17.6 Å². The zero-order valence-electron chi connectivity index (χ0n) is 21.2. The summed E-state index contributed by atoms with van der Waals surface area (Å²) in [5, 5.41) is -0.231. The van der Waals surface area contributed by atoms with Crippen LogP contribution in [0.25, 0.3) is 0 Å². The highest BCUT2D eigenvalue weighted by molar-refractivity contribution is 6.30. The van der Waals surface area contributed by atoms with Crippen LogP contribution < -0.4 is 4.74 Å². The van der Waals surface area contributed by atoms with Crippen molar-refractivity contribution in [3.63, 3.8) is 0 Å². The molecule has 1 aliphatic carbocycles. The van der Waals surface area contributed by atoms with Gasteiger partial charge in [0.1, 0.15) is 17.4 Å². The molecule has 4 rings (SSSR count). The summed E-state index contributed by atoms with van der Waals surface area (Å²) in [5.41, 5.74) is -0.650. The third kappa shape index (κ3) is 7.61. The molecular formula is C29H35ClF4O3. The van der Waals surface area contributed by atoms with Crippen LogP contribution in [0.3, 0.4) is 0 Å². The SMILES string of the molecule is CCCCC1CCC(CCC2COC(c3ccc(C(F)(F)Oc4ccc(Cl)c(F)c4)c(F)c3)OC2)CC1. The lowest BCUT2D eigenvalue weighted by Gasteiger charge is -2.32. The zero-order chi connectivity index (χ0) is 26.4. The average Bonchev–Trinajstić information content (AvgIpc) is 2.89. The molecule has 0 N–H and O–H groups in total. The summed E-state index contributed by atoms with van der Waals surface area (Å²) < 4.78 is 73.6. The van der Waals surface area contributed by atoms with Crippen molar-refractivity contribution in [2.75, 3.05) is 13.2 Å². The summed E-state index contributed by atoms with van der Waals surface area (Å²) in [6.07, 6.45) is 6.62. The van der Waals surface area contributed by atoms with E-state index in [9.17, 15) is 17.6 Å². The molecule has 1 aliphatic heterocycles. The molecule has 1 saturated carbocycles. The molecule has 0 amide bonds. The topological polar surface area (TPSA) is 27.7 Å². The second-order valence-corrected chi connectivity index (χ2v) is 10.8. The number of hydrogen-bond acceptors (Lipinski definition) is 3. The summed E-state index contributed by atoms with van der Waals surface area (Å²) in [6.45, 7) is 3.22. The maximum Gasteiger partial charge on any atom is 0.429 e. The Morgan fingerprint density at radius 3 is 2.14 bits per heavy atom. The van der Waals surface area contributed by atoms with Crippen molar-refractivity contribution >= 4 is 11.6 Å². The van der Waals surface area contributed by atoms with Crippen LogP contribution in [0.15, 0.2) is 36.4 Å². The minimum atomic E-state index is -4.02. The van der Waals surface area contributed by atoms with Gasteiger partial charge in [-0.3, -0.25) is 0 Å². The van der Waals surface area contributed by atoms with Crippen molar-refractivity contribution < 1.29 is 31.8 Å². The van der Waals surface area contributed by atoms with Crippen molar-refractivity contribution in [1.82, 2.24) is 0 Å². The number of halogens is 5. The van der Waals surface area contributed by atoms with Crippen molar-refractivity contribution in [3.05, 3.63) is 64.2 Å². The third-order valence-corrected chi connectivity index (χ3v) is 7.90. The van der Waals surface area contributed by atoms with Crippen LogP contribution in [-0.2, 0) is 15.6 Å². The van der Waals surface area contributed by atoms with Crippen LogP contribution in [0.5, 0.6) is 5.75 Å². The summed E-state index contributed by atoms with van der Waals surface area (Å²) in [7, 11) is 0. The number of unbranched alkanes of at least 4 members (excludes halogenated alkanes) is 1. The normalized spacial score (nSPS) is 24.7. The molecule has 0 aromatic heterocycles. The molecule has 0 spiro atoms. The molecule has 0 unspecified atom stereocenters. The second kappa shape index (κ2) is 12.8. The van der Waals surface area contributed by atoms with Gasteiger partial charge in [-0.1, -0.05) is 76.0 Å². The van der Waals surface area contributed by atoms with E-state index in [0.717, 1.165) is 48.6 Å². The first-order valence-electron chi connectivity index (χ1n) is 13.3. The molecule has 2 aromatic rings. The first kappa shape index (κ1) is 28.2. The number of benzene rings is 2. The minimum absolute atomic E-state index is 0.231. The maximum absolute atomic E-state index is 14.7. The molecule has 2 aliphatic rings. The van der Waals surface area contributed by atoms with E-state index in [4.69, 9.17) is 21.1 Å². The van der Waals surface area contributed by atoms with Gasteiger partial charge in [-0.05, 0) is 42.5 Å². The Hall–Kier alpha value is -1.83. The molecule has 1 saturated heterocycles. The summed E-state index contributed by atoms with van der Waals surface area (Å²) in [5.74, 6) is -0.602. The monoisotopic (exact) mass is 542 g/mol. The molecule has 0 radical (unpaired) electrons. The fourth-order valence-electron chi connectivity index (χ4n) is 5.33. The lowest BCUT2D eigenvalue weighted by Crippen LogP contribution is -2.28. The highest BCUT2D eigenvalue weighted by Crippen LogP contribution is 2.38. The zero-order valence-corrected chi connectivity index (χ0v) is 21.9. The van der Waals surface area contributed by atoms with Crippen molar-refractivity contribution in [1.29, 1.82) is 0 Å². The van der Waals surface area contributed by atoms with Gasteiger partial charge in [-0.15, -0.1) is 0 Å². The molecule has 37 heavy (non-hydrogen) atoms. The van der Waals surface area contributed by atoms with Gasteiger partial charge in [-0.25, -0.2) is 8.78 Å². The fraction of sp³-hybridized carbons (Fsp3) is 0.586. The van der Waals surface area contributed by atoms with Crippen LogP contribution in [0, 0.1) is 29.4 Å². The van der Waals surface area contributed by atoms with E-state index in [1.54, 1.807) is 0 Å². The Bertz CT molecular complexity index is 1020. The van der Waals surface area contributed by atoms with Gasteiger partial charge in [0.15, 0.2) is 6.29 Å². The molecule has 0 atom stereocenters. The van der Waals surface area contributed by atoms with Gasteiger partial charge in [0, 0.05) is 17.5 Å². The average molecular weight is 543 g/mol. The van der Waals surface area contributed by atoms with Gasteiger partial charge in [0.25, 0.3) is 0 Å². The number of hydrogen-bond donors (Lipinski definition) is 0. The van der Waals surface area contributed by atoms with E-state index in [1.165, 1.54) is 57.4 Å². The molecular weight excluding hydrogens is 508 g/mol. The smallest absolute Gasteiger partial charge is 0.429 e. The highest BCUT2D eigenvalue weighted by atomic mass is 35.5. The molecule has 2 fully saturated rings. The highest BCUT2D eigenvalue weighted by Gasteiger charge is 2.38. The van der Waals surface area contributed by atoms with Crippen LogP contribution in [0.2, 0.25) is 5.02 Å². The minimum Gasteiger partial charge on any atom is -0.429 e. The molecule has 2 aromatic carbocycles. The van der Waals surface area contributed by atoms with Gasteiger partial charge >= 0.3 is 6.11 Å². The van der Waals surface area contributed by atoms with E-state index >= 15 is 0 Å². The lowest BCUT2D eigenvalue weighted by atomic mass is 9.77. The van der Waals surface area contributed by atoms with E-state index < -0.39 is 35.3 Å². The molecule has 8 heteroatoms. The van der Waals surface area contributed by atoms with E-state index in [0.29, 0.717) is 18.8 Å². The number of alkyl halides is 2. The quantitative estimate of drug-likeness (QED) is 0.280. The van der Waals surface area contributed by atoms with Crippen LogP contribution in [0.1, 0.15) is 82.1 Å².